The number of nitrogens with one attached hydrogen (secondary N) is 1. The van der Waals surface area contributed by atoms with Gasteiger partial charge in [-0.2, -0.15) is 0 Å². The van der Waals surface area contributed by atoms with Crippen LogP contribution in [0, 0.1) is 0 Å². The number of ether oxygens (including phenoxy) is 2. The van der Waals surface area contributed by atoms with Crippen LogP contribution in [0.2, 0.25) is 0 Å². The third-order valence-corrected chi connectivity index (χ3v) is 3.79. The molecule has 1 amide bonds. The minimum absolute atomic E-state index is 0.260. The van der Waals surface area contributed by atoms with E-state index in [2.05, 4.69) is 23.9 Å². The first-order chi connectivity index (χ1) is 11.9. The van der Waals surface area contributed by atoms with Gasteiger partial charge in [-0.05, 0) is 48.7 Å². The number of amides is 1. The maximum absolute atomic E-state index is 12.3. The Morgan fingerprint density at radius 3 is 2.20 bits per heavy atom. The van der Waals surface area contributed by atoms with Crippen LogP contribution in [0.15, 0.2) is 48.5 Å². The van der Waals surface area contributed by atoms with E-state index < -0.39 is 12.1 Å². The second-order valence-electron chi connectivity index (χ2n) is 6.01. The van der Waals surface area contributed by atoms with Crippen LogP contribution in [-0.2, 0) is 9.53 Å². The van der Waals surface area contributed by atoms with Gasteiger partial charge in [0.1, 0.15) is 5.75 Å². The minimum atomic E-state index is -0.653. The molecule has 2 aromatic rings. The molecule has 5 heteroatoms. The van der Waals surface area contributed by atoms with E-state index in [1.165, 1.54) is 7.11 Å². The first-order valence-electron chi connectivity index (χ1n) is 8.17. The van der Waals surface area contributed by atoms with E-state index >= 15 is 0 Å². The van der Waals surface area contributed by atoms with Crippen molar-refractivity contribution >= 4 is 17.6 Å². The first-order valence-corrected chi connectivity index (χ1v) is 8.17. The molecule has 0 spiro atoms. The van der Waals surface area contributed by atoms with Gasteiger partial charge in [0.2, 0.25) is 0 Å². The van der Waals surface area contributed by atoms with E-state index in [-0.39, 0.29) is 5.91 Å². The summed E-state index contributed by atoms with van der Waals surface area (Å²) in [7, 11) is 1.33. The van der Waals surface area contributed by atoms with Crippen molar-refractivity contribution in [3.05, 3.63) is 59.7 Å². The lowest BCUT2D eigenvalue weighted by Crippen LogP contribution is -2.30. The number of hydrogen-bond acceptors (Lipinski definition) is 4. The Labute approximate surface area is 148 Å². The molecule has 1 atom stereocenters. The summed E-state index contributed by atoms with van der Waals surface area (Å²) in [6.07, 6.45) is -0.653. The molecule has 0 radical (unpaired) electrons. The molecular weight excluding hydrogens is 318 g/mol. The molecule has 1 N–H and O–H groups in total. The molecule has 0 unspecified atom stereocenters. The molecule has 2 rings (SSSR count). The van der Waals surface area contributed by atoms with Crippen molar-refractivity contribution < 1.29 is 19.1 Å². The van der Waals surface area contributed by atoms with Crippen LogP contribution in [0.4, 0.5) is 5.69 Å². The van der Waals surface area contributed by atoms with E-state index in [1.54, 1.807) is 31.2 Å². The summed E-state index contributed by atoms with van der Waals surface area (Å²) < 4.78 is 10.5. The van der Waals surface area contributed by atoms with Gasteiger partial charge in [0.15, 0.2) is 6.10 Å². The van der Waals surface area contributed by atoms with E-state index in [0.29, 0.717) is 22.9 Å². The Morgan fingerprint density at radius 1 is 0.960 bits per heavy atom. The Kier molecular flexibility index (Phi) is 6.17. The summed E-state index contributed by atoms with van der Waals surface area (Å²) in [4.78, 5) is 23.8. The molecule has 0 bridgehead atoms. The highest BCUT2D eigenvalue weighted by molar-refractivity contribution is 5.95. The van der Waals surface area contributed by atoms with Gasteiger partial charge in [-0.15, -0.1) is 0 Å². The van der Waals surface area contributed by atoms with E-state index in [9.17, 15) is 9.59 Å². The highest BCUT2D eigenvalue weighted by atomic mass is 16.5. The summed E-state index contributed by atoms with van der Waals surface area (Å²) in [6.45, 7) is 5.86. The molecule has 2 aromatic carbocycles. The zero-order valence-corrected chi connectivity index (χ0v) is 14.9. The molecule has 0 aliphatic heterocycles. The molecule has 0 heterocycles. The number of carbonyl (C=O) groups is 2. The van der Waals surface area contributed by atoms with Crippen LogP contribution < -0.4 is 10.1 Å². The Balaban J connectivity index is 2.02. The van der Waals surface area contributed by atoms with Gasteiger partial charge in [0.25, 0.3) is 5.91 Å². The largest absolute Gasteiger partial charge is 0.481 e. The molecule has 25 heavy (non-hydrogen) atoms. The SMILES string of the molecule is COC(=O)c1ccc(NC(=O)[C@@H](C)Oc2ccccc2C(C)C)cc1. The molecule has 0 saturated heterocycles. The van der Waals surface area contributed by atoms with Crippen LogP contribution in [-0.4, -0.2) is 25.1 Å². The van der Waals surface area contributed by atoms with Crippen molar-refractivity contribution in [1.82, 2.24) is 0 Å². The number of carbonyl (C=O) groups excluding carboxylic acids is 2. The first kappa shape index (κ1) is 18.5. The fourth-order valence-corrected chi connectivity index (χ4v) is 2.36. The van der Waals surface area contributed by atoms with E-state index in [1.807, 2.05) is 24.3 Å². The number of methoxy groups -OCH3 is 1. The van der Waals surface area contributed by atoms with Crippen molar-refractivity contribution in [3.8, 4) is 5.75 Å². The number of esters is 1. The quantitative estimate of drug-likeness (QED) is 0.807. The standard InChI is InChI=1S/C20H23NO4/c1-13(2)17-7-5-6-8-18(17)25-14(3)19(22)21-16-11-9-15(10-12-16)20(23)24-4/h5-14H,1-4H3,(H,21,22)/t14-/m1/s1. The van der Waals surface area contributed by atoms with Crippen LogP contribution in [0.5, 0.6) is 5.75 Å². The van der Waals surface area contributed by atoms with Crippen LogP contribution in [0.1, 0.15) is 42.6 Å². The van der Waals surface area contributed by atoms with Gasteiger partial charge in [-0.1, -0.05) is 32.0 Å². The fourth-order valence-electron chi connectivity index (χ4n) is 2.36. The Bertz CT molecular complexity index is 738. The highest BCUT2D eigenvalue weighted by Crippen LogP contribution is 2.26. The lowest BCUT2D eigenvalue weighted by Gasteiger charge is -2.18. The second-order valence-corrected chi connectivity index (χ2v) is 6.01. The lowest BCUT2D eigenvalue weighted by atomic mass is 10.0. The summed E-state index contributed by atoms with van der Waals surface area (Å²) in [5.74, 6) is 0.336. The number of anilines is 1. The summed E-state index contributed by atoms with van der Waals surface area (Å²) in [6, 6.07) is 14.2. The van der Waals surface area contributed by atoms with Gasteiger partial charge in [-0.25, -0.2) is 4.79 Å². The van der Waals surface area contributed by atoms with Crippen molar-refractivity contribution in [3.63, 3.8) is 0 Å². The van der Waals surface area contributed by atoms with Gasteiger partial charge in [0.05, 0.1) is 12.7 Å². The molecule has 0 saturated carbocycles. The number of para-hydroxylation sites is 1. The normalized spacial score (nSPS) is 11.7. The van der Waals surface area contributed by atoms with E-state index in [4.69, 9.17) is 4.74 Å². The Morgan fingerprint density at radius 2 is 1.60 bits per heavy atom. The summed E-state index contributed by atoms with van der Waals surface area (Å²) >= 11 is 0. The maximum Gasteiger partial charge on any atom is 0.337 e. The van der Waals surface area contributed by atoms with Crippen molar-refractivity contribution in [2.75, 3.05) is 12.4 Å². The van der Waals surface area contributed by atoms with Crippen molar-refractivity contribution in [1.29, 1.82) is 0 Å². The molecule has 132 valence electrons. The van der Waals surface area contributed by atoms with Gasteiger partial charge in [0, 0.05) is 5.69 Å². The molecule has 5 nitrogen and oxygen atoms in total. The molecular formula is C20H23NO4. The maximum atomic E-state index is 12.3. The molecule has 0 aromatic heterocycles. The van der Waals surface area contributed by atoms with Gasteiger partial charge >= 0.3 is 5.97 Å². The average molecular weight is 341 g/mol. The summed E-state index contributed by atoms with van der Waals surface area (Å²) in [5, 5.41) is 2.78. The summed E-state index contributed by atoms with van der Waals surface area (Å²) in [5.41, 5.74) is 2.07. The van der Waals surface area contributed by atoms with Gasteiger partial charge < -0.3 is 14.8 Å². The fraction of sp³-hybridized carbons (Fsp3) is 0.300. The van der Waals surface area contributed by atoms with Crippen molar-refractivity contribution in [2.45, 2.75) is 32.8 Å². The lowest BCUT2D eigenvalue weighted by molar-refractivity contribution is -0.122. The minimum Gasteiger partial charge on any atom is -0.481 e. The average Bonchev–Trinajstić information content (AvgIpc) is 2.61. The number of benzene rings is 2. The van der Waals surface area contributed by atoms with Crippen molar-refractivity contribution in [2.24, 2.45) is 0 Å². The zero-order chi connectivity index (χ0) is 18.4. The predicted molar refractivity (Wildman–Crippen MR) is 97.0 cm³/mol. The molecule has 0 fully saturated rings. The zero-order valence-electron chi connectivity index (χ0n) is 14.9. The third kappa shape index (κ3) is 4.83. The van der Waals surface area contributed by atoms with Gasteiger partial charge in [-0.3, -0.25) is 4.79 Å². The van der Waals surface area contributed by atoms with Crippen LogP contribution in [0.25, 0.3) is 0 Å². The smallest absolute Gasteiger partial charge is 0.337 e. The molecule has 0 aliphatic rings. The topological polar surface area (TPSA) is 64.6 Å². The third-order valence-electron chi connectivity index (χ3n) is 3.79. The highest BCUT2D eigenvalue weighted by Gasteiger charge is 2.17. The van der Waals surface area contributed by atoms with Crippen LogP contribution >= 0.6 is 0 Å². The predicted octanol–water partition coefficient (Wildman–Crippen LogP) is 4.00. The molecule has 0 aliphatic carbocycles. The number of hydrogen-bond donors (Lipinski definition) is 1. The second kappa shape index (κ2) is 8.33. The van der Waals surface area contributed by atoms with Crippen LogP contribution in [0.3, 0.4) is 0 Å². The van der Waals surface area contributed by atoms with E-state index in [0.717, 1.165) is 5.56 Å². The monoisotopic (exact) mass is 341 g/mol. The Hall–Kier alpha value is -2.82. The number of rotatable bonds is 6.